The van der Waals surface area contributed by atoms with Gasteiger partial charge in [-0.1, -0.05) is 35.9 Å². The van der Waals surface area contributed by atoms with Gasteiger partial charge in [-0.15, -0.1) is 11.3 Å². The van der Waals surface area contributed by atoms with Crippen molar-refractivity contribution in [3.63, 3.8) is 0 Å². The largest absolute Gasteiger partial charge is 0.493 e. The third-order valence-electron chi connectivity index (χ3n) is 4.57. The minimum Gasteiger partial charge on any atom is -0.493 e. The molecule has 0 bridgehead atoms. The Morgan fingerprint density at radius 3 is 2.41 bits per heavy atom. The van der Waals surface area contributed by atoms with Crippen LogP contribution >= 0.6 is 11.3 Å². The van der Waals surface area contributed by atoms with Crippen molar-refractivity contribution in [3.8, 4) is 11.5 Å². The van der Waals surface area contributed by atoms with Gasteiger partial charge in [-0.05, 0) is 55.6 Å². The zero-order valence-corrected chi connectivity index (χ0v) is 19.1. The number of carbonyl (C=O) groups excluding carboxylic acids is 2. The summed E-state index contributed by atoms with van der Waals surface area (Å²) in [6, 6.07) is 17.9. The van der Waals surface area contributed by atoms with Crippen molar-refractivity contribution < 1.29 is 19.1 Å². The van der Waals surface area contributed by atoms with E-state index in [4.69, 9.17) is 9.47 Å². The first-order chi connectivity index (χ1) is 15.5. The second-order valence-electron chi connectivity index (χ2n) is 7.23. The lowest BCUT2D eigenvalue weighted by atomic mass is 10.1. The number of thiophene rings is 1. The molecule has 0 saturated carbocycles. The van der Waals surface area contributed by atoms with Crippen LogP contribution in [0.5, 0.6) is 11.5 Å². The molecule has 0 fully saturated rings. The van der Waals surface area contributed by atoms with E-state index in [1.54, 1.807) is 37.5 Å². The molecule has 1 unspecified atom stereocenters. The van der Waals surface area contributed by atoms with Crippen molar-refractivity contribution in [3.05, 3.63) is 87.7 Å². The summed E-state index contributed by atoms with van der Waals surface area (Å²) in [6.45, 7) is 4.02. The highest BCUT2D eigenvalue weighted by molar-refractivity contribution is 7.10. The molecule has 0 aliphatic heterocycles. The fraction of sp³-hybridized carbons (Fsp3) is 0.200. The highest BCUT2D eigenvalue weighted by atomic mass is 32.1. The molecule has 0 saturated heterocycles. The number of para-hydroxylation sites is 2. The number of hydrogen-bond donors (Lipinski definition) is 2. The minimum absolute atomic E-state index is 0.169. The monoisotopic (exact) mass is 450 g/mol. The van der Waals surface area contributed by atoms with Crippen LogP contribution in [0.15, 0.2) is 71.7 Å². The molecular weight excluding hydrogens is 424 g/mol. The van der Waals surface area contributed by atoms with Crippen LogP contribution in [0.2, 0.25) is 0 Å². The molecule has 6 nitrogen and oxygen atoms in total. The Morgan fingerprint density at radius 2 is 1.75 bits per heavy atom. The van der Waals surface area contributed by atoms with E-state index in [-0.39, 0.29) is 24.3 Å². The lowest BCUT2D eigenvalue weighted by Crippen LogP contribution is -2.41. The van der Waals surface area contributed by atoms with Crippen LogP contribution in [-0.4, -0.2) is 31.6 Å². The van der Waals surface area contributed by atoms with Crippen LogP contribution in [0.25, 0.3) is 6.08 Å². The molecule has 2 aromatic carbocycles. The second kappa shape index (κ2) is 11.2. The summed E-state index contributed by atoms with van der Waals surface area (Å²) < 4.78 is 11.1. The number of aryl methyl sites for hydroxylation is 1. The first kappa shape index (κ1) is 23.1. The van der Waals surface area contributed by atoms with Gasteiger partial charge < -0.3 is 20.1 Å². The average Bonchev–Trinajstić information content (AvgIpc) is 3.31. The zero-order chi connectivity index (χ0) is 22.9. The first-order valence-corrected chi connectivity index (χ1v) is 11.0. The molecule has 7 heteroatoms. The van der Waals surface area contributed by atoms with E-state index in [2.05, 4.69) is 10.6 Å². The third-order valence-corrected chi connectivity index (χ3v) is 5.39. The Bertz CT molecular complexity index is 1080. The Balaban J connectivity index is 1.68. The topological polar surface area (TPSA) is 76.7 Å². The molecule has 1 atom stereocenters. The first-order valence-electron chi connectivity index (χ1n) is 10.2. The maximum absolute atomic E-state index is 13.0. The van der Waals surface area contributed by atoms with E-state index in [1.165, 1.54) is 11.3 Å². The second-order valence-corrected chi connectivity index (χ2v) is 8.21. The van der Waals surface area contributed by atoms with Gasteiger partial charge in [0.1, 0.15) is 12.3 Å². The highest BCUT2D eigenvalue weighted by Crippen LogP contribution is 2.25. The van der Waals surface area contributed by atoms with Gasteiger partial charge in [0.2, 0.25) is 0 Å². The van der Waals surface area contributed by atoms with Crippen molar-refractivity contribution in [1.29, 1.82) is 0 Å². The Kier molecular flexibility index (Phi) is 8.05. The molecule has 2 N–H and O–H groups in total. The van der Waals surface area contributed by atoms with Crippen LogP contribution < -0.4 is 20.1 Å². The molecule has 1 aromatic heterocycles. The normalized spacial score (nSPS) is 12.0. The van der Waals surface area contributed by atoms with Crippen LogP contribution in [0, 0.1) is 6.92 Å². The predicted molar refractivity (Wildman–Crippen MR) is 127 cm³/mol. The molecular formula is C25H26N2O4S. The fourth-order valence-electron chi connectivity index (χ4n) is 2.87. The number of methoxy groups -OCH3 is 1. The van der Waals surface area contributed by atoms with Crippen molar-refractivity contribution in [1.82, 2.24) is 10.6 Å². The third kappa shape index (κ3) is 6.46. The summed E-state index contributed by atoms with van der Waals surface area (Å²) in [7, 11) is 1.58. The van der Waals surface area contributed by atoms with E-state index in [1.807, 2.05) is 55.6 Å². The number of ether oxygens (including phenoxy) is 2. The van der Waals surface area contributed by atoms with E-state index in [0.717, 1.165) is 10.4 Å². The van der Waals surface area contributed by atoms with E-state index < -0.39 is 5.91 Å². The maximum atomic E-state index is 13.0. The van der Waals surface area contributed by atoms with Gasteiger partial charge >= 0.3 is 0 Å². The molecule has 2 amide bonds. The standard InChI is InChI=1S/C25H26N2O4S/c1-17-10-12-19(13-11-17)24(28)27-21(15-20-7-6-14-32-20)25(29)26-18(2)16-31-23-9-5-4-8-22(23)30-3/h4-15,18H,16H2,1-3H3,(H,26,29)(H,27,28)/b21-15-. The molecule has 0 aliphatic rings. The minimum atomic E-state index is -0.394. The van der Waals surface area contributed by atoms with Crippen LogP contribution in [0.1, 0.15) is 27.7 Å². The molecule has 0 radical (unpaired) electrons. The average molecular weight is 451 g/mol. The van der Waals surface area contributed by atoms with E-state index in [0.29, 0.717) is 17.1 Å². The highest BCUT2D eigenvalue weighted by Gasteiger charge is 2.17. The molecule has 1 heterocycles. The summed E-state index contributed by atoms with van der Waals surface area (Å²) in [5, 5.41) is 7.54. The maximum Gasteiger partial charge on any atom is 0.268 e. The van der Waals surface area contributed by atoms with Gasteiger partial charge in [-0.25, -0.2) is 0 Å². The van der Waals surface area contributed by atoms with Gasteiger partial charge in [0.25, 0.3) is 11.8 Å². The number of rotatable bonds is 9. The quantitative estimate of drug-likeness (QED) is 0.473. The number of amides is 2. The van der Waals surface area contributed by atoms with Crippen molar-refractivity contribution in [2.24, 2.45) is 0 Å². The SMILES string of the molecule is COc1ccccc1OCC(C)NC(=O)/C(=C/c1cccs1)NC(=O)c1ccc(C)cc1. The lowest BCUT2D eigenvalue weighted by molar-refractivity contribution is -0.118. The number of benzene rings is 2. The van der Waals surface area contributed by atoms with Crippen molar-refractivity contribution in [2.45, 2.75) is 19.9 Å². The molecule has 3 aromatic rings. The summed E-state index contributed by atoms with van der Waals surface area (Å²) in [5.41, 5.74) is 1.70. The fourth-order valence-corrected chi connectivity index (χ4v) is 3.53. The van der Waals surface area contributed by atoms with Gasteiger partial charge in [0.05, 0.1) is 13.2 Å². The molecule has 3 rings (SSSR count). The Morgan fingerprint density at radius 1 is 1.03 bits per heavy atom. The van der Waals surface area contributed by atoms with Crippen LogP contribution in [0.4, 0.5) is 0 Å². The van der Waals surface area contributed by atoms with E-state index >= 15 is 0 Å². The van der Waals surface area contributed by atoms with Gasteiger partial charge in [0.15, 0.2) is 11.5 Å². The predicted octanol–water partition coefficient (Wildman–Crippen LogP) is 4.42. The van der Waals surface area contributed by atoms with Crippen molar-refractivity contribution >= 4 is 29.2 Å². The Hall–Kier alpha value is -3.58. The smallest absolute Gasteiger partial charge is 0.268 e. The lowest BCUT2D eigenvalue weighted by Gasteiger charge is -2.18. The number of carbonyl (C=O) groups is 2. The molecule has 0 aliphatic carbocycles. The molecule has 0 spiro atoms. The summed E-state index contributed by atoms with van der Waals surface area (Å²) in [6.07, 6.45) is 1.67. The number of nitrogens with one attached hydrogen (secondary N) is 2. The molecule has 32 heavy (non-hydrogen) atoms. The summed E-state index contributed by atoms with van der Waals surface area (Å²) in [5.74, 6) is 0.476. The zero-order valence-electron chi connectivity index (χ0n) is 18.3. The molecule has 166 valence electrons. The van der Waals surface area contributed by atoms with Crippen molar-refractivity contribution in [2.75, 3.05) is 13.7 Å². The Labute approximate surface area is 191 Å². The van der Waals surface area contributed by atoms with E-state index in [9.17, 15) is 9.59 Å². The van der Waals surface area contributed by atoms with Crippen LogP contribution in [-0.2, 0) is 4.79 Å². The summed E-state index contributed by atoms with van der Waals surface area (Å²) in [4.78, 5) is 26.5. The van der Waals surface area contributed by atoms with Crippen LogP contribution in [0.3, 0.4) is 0 Å². The van der Waals surface area contributed by atoms with Gasteiger partial charge in [0, 0.05) is 10.4 Å². The number of hydrogen-bond acceptors (Lipinski definition) is 5. The van der Waals surface area contributed by atoms with Gasteiger partial charge in [-0.3, -0.25) is 9.59 Å². The summed E-state index contributed by atoms with van der Waals surface area (Å²) >= 11 is 1.48. The van der Waals surface area contributed by atoms with Gasteiger partial charge in [-0.2, -0.15) is 0 Å².